The van der Waals surface area contributed by atoms with E-state index in [0.717, 1.165) is 12.8 Å². The smallest absolute Gasteiger partial charge is 0.262 e. The van der Waals surface area contributed by atoms with Crippen LogP contribution in [0.4, 0.5) is 0 Å². The van der Waals surface area contributed by atoms with Gasteiger partial charge in [0.15, 0.2) is 5.16 Å². The summed E-state index contributed by atoms with van der Waals surface area (Å²) in [6.45, 7) is 0.835. The summed E-state index contributed by atoms with van der Waals surface area (Å²) in [6.07, 6.45) is 7.00. The van der Waals surface area contributed by atoms with Crippen molar-refractivity contribution in [1.29, 1.82) is 0 Å². The Labute approximate surface area is 163 Å². The Morgan fingerprint density at radius 2 is 2.00 bits per heavy atom. The Kier molecular flexibility index (Phi) is 7.29. The quantitative estimate of drug-likeness (QED) is 0.448. The molecule has 1 aromatic carbocycles. The maximum atomic E-state index is 12.8. The third kappa shape index (κ3) is 5.32. The van der Waals surface area contributed by atoms with Gasteiger partial charge in [-0.3, -0.25) is 14.2 Å². The van der Waals surface area contributed by atoms with E-state index in [2.05, 4.69) is 10.3 Å². The second-order valence-corrected chi connectivity index (χ2v) is 7.85. The lowest BCUT2D eigenvalue weighted by molar-refractivity contribution is -0.119. The molecule has 1 aliphatic rings. The highest BCUT2D eigenvalue weighted by molar-refractivity contribution is 7.99. The molecule has 0 atom stereocenters. The minimum Gasteiger partial charge on any atom is -0.383 e. The molecule has 1 N–H and O–H groups in total. The third-order valence-electron chi connectivity index (χ3n) is 4.90. The van der Waals surface area contributed by atoms with Gasteiger partial charge in [0.25, 0.3) is 5.56 Å². The number of benzene rings is 1. The van der Waals surface area contributed by atoms with E-state index >= 15 is 0 Å². The van der Waals surface area contributed by atoms with E-state index in [9.17, 15) is 9.59 Å². The van der Waals surface area contributed by atoms with Crippen molar-refractivity contribution in [1.82, 2.24) is 14.9 Å². The molecule has 1 heterocycles. The lowest BCUT2D eigenvalue weighted by atomic mass is 10.1. The Balaban J connectivity index is 1.72. The van der Waals surface area contributed by atoms with Crippen molar-refractivity contribution in [3.05, 3.63) is 34.6 Å². The highest BCUT2D eigenvalue weighted by atomic mass is 32.2. The summed E-state index contributed by atoms with van der Waals surface area (Å²) in [5.41, 5.74) is 0.562. The van der Waals surface area contributed by atoms with E-state index < -0.39 is 0 Å². The van der Waals surface area contributed by atoms with Crippen molar-refractivity contribution >= 4 is 28.6 Å². The average Bonchev–Trinajstić information content (AvgIpc) is 2.94. The molecule has 1 fully saturated rings. The predicted octanol–water partition coefficient (Wildman–Crippen LogP) is 2.97. The van der Waals surface area contributed by atoms with Gasteiger partial charge in [0.05, 0.1) is 29.8 Å². The minimum atomic E-state index is -0.0932. The molecule has 0 aliphatic heterocycles. The summed E-state index contributed by atoms with van der Waals surface area (Å²) in [7, 11) is 1.60. The molecule has 7 heteroatoms. The minimum absolute atomic E-state index is 0.00704. The number of para-hydroxylation sites is 1. The van der Waals surface area contributed by atoms with Crippen LogP contribution in [0.5, 0.6) is 0 Å². The number of fused-ring (bicyclic) bond motifs is 1. The zero-order valence-electron chi connectivity index (χ0n) is 15.8. The summed E-state index contributed by atoms with van der Waals surface area (Å²) in [5.74, 6) is 0.265. The van der Waals surface area contributed by atoms with Crippen LogP contribution in [0.25, 0.3) is 10.9 Å². The van der Waals surface area contributed by atoms with Crippen molar-refractivity contribution in [2.45, 2.75) is 56.3 Å². The third-order valence-corrected chi connectivity index (χ3v) is 5.87. The molecule has 0 spiro atoms. The topological polar surface area (TPSA) is 73.2 Å². The predicted molar refractivity (Wildman–Crippen MR) is 108 cm³/mol. The van der Waals surface area contributed by atoms with Crippen LogP contribution in [0.3, 0.4) is 0 Å². The Morgan fingerprint density at radius 1 is 1.26 bits per heavy atom. The first-order valence-electron chi connectivity index (χ1n) is 9.59. The molecule has 1 aromatic heterocycles. The van der Waals surface area contributed by atoms with Crippen molar-refractivity contribution in [2.75, 3.05) is 19.5 Å². The van der Waals surface area contributed by atoms with Crippen LogP contribution in [0.2, 0.25) is 0 Å². The van der Waals surface area contributed by atoms with Crippen molar-refractivity contribution < 1.29 is 9.53 Å². The van der Waals surface area contributed by atoms with E-state index in [1.807, 2.05) is 18.2 Å². The van der Waals surface area contributed by atoms with E-state index in [4.69, 9.17) is 4.74 Å². The SMILES string of the molecule is COCCn1c(SCC(=O)NC2CCCCCC2)nc2ccccc2c1=O. The fraction of sp³-hybridized carbons (Fsp3) is 0.550. The number of hydrogen-bond donors (Lipinski definition) is 1. The molecule has 0 radical (unpaired) electrons. The highest BCUT2D eigenvalue weighted by Crippen LogP contribution is 2.19. The van der Waals surface area contributed by atoms with Gasteiger partial charge in [-0.15, -0.1) is 0 Å². The first-order chi connectivity index (χ1) is 13.2. The average molecular weight is 390 g/mol. The van der Waals surface area contributed by atoms with E-state index in [0.29, 0.717) is 29.2 Å². The standard InChI is InChI=1S/C20H27N3O3S/c1-26-13-12-23-19(25)16-10-6-7-11-17(16)22-20(23)27-14-18(24)21-15-8-4-2-3-5-9-15/h6-7,10-11,15H,2-5,8-9,12-14H2,1H3,(H,21,24). The molecule has 1 saturated carbocycles. The number of amides is 1. The van der Waals surface area contributed by atoms with Gasteiger partial charge in [0.2, 0.25) is 5.91 Å². The van der Waals surface area contributed by atoms with Gasteiger partial charge in [0.1, 0.15) is 0 Å². The summed E-state index contributed by atoms with van der Waals surface area (Å²) in [4.78, 5) is 29.8. The molecule has 146 valence electrons. The van der Waals surface area contributed by atoms with Crippen LogP contribution < -0.4 is 10.9 Å². The maximum absolute atomic E-state index is 12.8. The van der Waals surface area contributed by atoms with Gasteiger partial charge in [-0.05, 0) is 25.0 Å². The lowest BCUT2D eigenvalue weighted by Gasteiger charge is -2.16. The van der Waals surface area contributed by atoms with Gasteiger partial charge in [-0.1, -0.05) is 49.6 Å². The monoisotopic (exact) mass is 389 g/mol. The lowest BCUT2D eigenvalue weighted by Crippen LogP contribution is -2.35. The van der Waals surface area contributed by atoms with Crippen LogP contribution in [0, 0.1) is 0 Å². The summed E-state index contributed by atoms with van der Waals surface area (Å²) >= 11 is 1.31. The van der Waals surface area contributed by atoms with Crippen LogP contribution in [-0.2, 0) is 16.1 Å². The first-order valence-corrected chi connectivity index (χ1v) is 10.6. The maximum Gasteiger partial charge on any atom is 0.262 e. The van der Waals surface area contributed by atoms with Crippen LogP contribution in [-0.4, -0.2) is 41.0 Å². The van der Waals surface area contributed by atoms with Gasteiger partial charge in [0, 0.05) is 13.2 Å². The summed E-state index contributed by atoms with van der Waals surface area (Å²) in [6, 6.07) is 7.58. The number of thioether (sulfide) groups is 1. The van der Waals surface area contributed by atoms with Crippen molar-refractivity contribution in [3.63, 3.8) is 0 Å². The Hall–Kier alpha value is -1.86. The normalized spacial score (nSPS) is 15.6. The molecule has 6 nitrogen and oxygen atoms in total. The number of nitrogens with one attached hydrogen (secondary N) is 1. The molecule has 1 aliphatic carbocycles. The number of aromatic nitrogens is 2. The second-order valence-electron chi connectivity index (χ2n) is 6.91. The highest BCUT2D eigenvalue weighted by Gasteiger charge is 2.17. The van der Waals surface area contributed by atoms with Gasteiger partial charge in [-0.2, -0.15) is 0 Å². The van der Waals surface area contributed by atoms with E-state index in [-0.39, 0.29) is 23.3 Å². The number of nitrogens with zero attached hydrogens (tertiary/aromatic N) is 2. The van der Waals surface area contributed by atoms with E-state index in [1.165, 1.54) is 37.4 Å². The number of ether oxygens (including phenoxy) is 1. The number of hydrogen-bond acceptors (Lipinski definition) is 5. The number of carbonyl (C=O) groups is 1. The van der Waals surface area contributed by atoms with Gasteiger partial charge in [-0.25, -0.2) is 4.98 Å². The molecular weight excluding hydrogens is 362 g/mol. The number of rotatable bonds is 7. The fourth-order valence-electron chi connectivity index (χ4n) is 3.46. The number of carbonyl (C=O) groups excluding carboxylic acids is 1. The fourth-order valence-corrected chi connectivity index (χ4v) is 4.30. The van der Waals surface area contributed by atoms with Crippen LogP contribution >= 0.6 is 11.8 Å². The van der Waals surface area contributed by atoms with Crippen LogP contribution in [0.15, 0.2) is 34.2 Å². The molecule has 0 unspecified atom stereocenters. The molecule has 0 saturated heterocycles. The zero-order valence-corrected chi connectivity index (χ0v) is 16.6. The molecule has 0 bridgehead atoms. The molecule has 1 amide bonds. The summed E-state index contributed by atoms with van der Waals surface area (Å²) < 4.78 is 6.74. The van der Waals surface area contributed by atoms with Crippen molar-refractivity contribution in [2.24, 2.45) is 0 Å². The second kappa shape index (κ2) is 9.90. The Bertz CT molecular complexity index is 829. The molecule has 27 heavy (non-hydrogen) atoms. The largest absolute Gasteiger partial charge is 0.383 e. The summed E-state index contributed by atoms with van der Waals surface area (Å²) in [5, 5.41) is 4.29. The number of methoxy groups -OCH3 is 1. The molecular formula is C20H27N3O3S. The van der Waals surface area contributed by atoms with Crippen LogP contribution in [0.1, 0.15) is 38.5 Å². The molecule has 2 aromatic rings. The Morgan fingerprint density at radius 3 is 2.74 bits per heavy atom. The molecule has 3 rings (SSSR count). The van der Waals surface area contributed by atoms with E-state index in [1.54, 1.807) is 17.7 Å². The zero-order chi connectivity index (χ0) is 19.1. The van der Waals surface area contributed by atoms with Gasteiger partial charge < -0.3 is 10.1 Å². The first kappa shape index (κ1) is 19.9. The van der Waals surface area contributed by atoms with Gasteiger partial charge >= 0.3 is 0 Å². The van der Waals surface area contributed by atoms with Crippen molar-refractivity contribution in [3.8, 4) is 0 Å².